The topological polar surface area (TPSA) is 118 Å². The van der Waals surface area contributed by atoms with Crippen molar-refractivity contribution < 1.29 is 38.1 Å². The summed E-state index contributed by atoms with van der Waals surface area (Å²) in [6, 6.07) is 0. The van der Waals surface area contributed by atoms with Crippen LogP contribution < -0.4 is 0 Å². The molecule has 1 heterocycles. The number of carbonyl (C=O) groups is 4. The molecule has 1 rings (SSSR count). The molecule has 4 unspecified atom stereocenters. The van der Waals surface area contributed by atoms with E-state index in [0.717, 1.165) is 181 Å². The largest absolute Gasteiger partial charge is 0.462 e. The third kappa shape index (κ3) is 40.8. The van der Waals surface area contributed by atoms with Gasteiger partial charge in [0.05, 0.1) is 25.7 Å². The van der Waals surface area contributed by atoms with E-state index in [1.807, 2.05) is 0 Å². The average Bonchev–Trinajstić information content (AvgIpc) is 3.42. The van der Waals surface area contributed by atoms with Crippen molar-refractivity contribution in [1.82, 2.24) is 19.6 Å². The fourth-order valence-electron chi connectivity index (χ4n) is 10.4. The molecule has 0 aromatic rings. The summed E-state index contributed by atoms with van der Waals surface area (Å²) in [5.74, 6) is -0.518. The molecule has 0 spiro atoms. The number of rotatable bonds is 54. The van der Waals surface area contributed by atoms with Crippen molar-refractivity contribution >= 4 is 23.9 Å². The Kier molecular flexibility index (Phi) is 48.0. The standard InChI is InChI=1S/C64H124N4O8/c1-9-17-25-29-37-57(33-21-13-5)73-61(69)41-45-65(46-42-62(70)74-58(34-22-14-6)38-30-26-18-10-2)49-51-67-53-55-68(56-54-67)52-50-66(47-43-63(71)75-59(35-23-15-7)39-31-27-19-11-3)48-44-64(72)76-60(36-24-16-8)40-32-28-20-12-4/h57-60H,9-56H2,1-8H3. The number of ether oxygens (including phenoxy) is 4. The Balaban J connectivity index is 3.02. The first kappa shape index (κ1) is 71.7. The van der Waals surface area contributed by atoms with E-state index < -0.39 is 0 Å². The number of carbonyl (C=O) groups excluding carboxylic acids is 4. The summed E-state index contributed by atoms with van der Waals surface area (Å²) in [6.45, 7) is 26.9. The Hall–Kier alpha value is -2.28. The molecule has 1 saturated heterocycles. The maximum absolute atomic E-state index is 13.4. The van der Waals surface area contributed by atoms with Gasteiger partial charge in [-0.3, -0.25) is 29.0 Å². The lowest BCUT2D eigenvalue weighted by atomic mass is 10.0. The zero-order valence-corrected chi connectivity index (χ0v) is 51.3. The van der Waals surface area contributed by atoms with Crippen LogP contribution in [0.15, 0.2) is 0 Å². The molecule has 0 amide bonds. The molecule has 0 saturated carbocycles. The van der Waals surface area contributed by atoms with Crippen molar-refractivity contribution in [3.05, 3.63) is 0 Å². The van der Waals surface area contributed by atoms with Crippen LogP contribution in [0.3, 0.4) is 0 Å². The lowest BCUT2D eigenvalue weighted by Gasteiger charge is -2.36. The summed E-state index contributed by atoms with van der Waals surface area (Å²) in [6.07, 6.45) is 36.0. The van der Waals surface area contributed by atoms with Crippen LogP contribution in [-0.4, -0.2) is 146 Å². The lowest BCUT2D eigenvalue weighted by molar-refractivity contribution is -0.152. The van der Waals surface area contributed by atoms with E-state index in [1.165, 1.54) is 77.0 Å². The van der Waals surface area contributed by atoms with Crippen LogP contribution >= 0.6 is 0 Å². The molecule has 12 nitrogen and oxygen atoms in total. The molecule has 0 N–H and O–H groups in total. The minimum Gasteiger partial charge on any atom is -0.462 e. The first-order chi connectivity index (χ1) is 37.0. The van der Waals surface area contributed by atoms with E-state index >= 15 is 0 Å². The van der Waals surface area contributed by atoms with Gasteiger partial charge in [-0.05, 0) is 77.0 Å². The minimum absolute atomic E-state index is 0.0162. The van der Waals surface area contributed by atoms with Gasteiger partial charge in [-0.1, -0.05) is 184 Å². The number of piperazine rings is 1. The van der Waals surface area contributed by atoms with Crippen LogP contribution in [0.1, 0.15) is 287 Å². The number of hydrogen-bond donors (Lipinski definition) is 0. The fraction of sp³-hybridized carbons (Fsp3) is 0.938. The molecule has 76 heavy (non-hydrogen) atoms. The second-order valence-electron chi connectivity index (χ2n) is 22.8. The van der Waals surface area contributed by atoms with Gasteiger partial charge in [0.25, 0.3) is 0 Å². The number of nitrogens with zero attached hydrogens (tertiary/aromatic N) is 4. The van der Waals surface area contributed by atoms with Gasteiger partial charge in [0.2, 0.25) is 0 Å². The number of hydrogen-bond acceptors (Lipinski definition) is 12. The average molecular weight is 1080 g/mol. The summed E-state index contributed by atoms with van der Waals surface area (Å²) < 4.78 is 24.5. The molecule has 0 aromatic carbocycles. The van der Waals surface area contributed by atoms with Gasteiger partial charge >= 0.3 is 23.9 Å². The van der Waals surface area contributed by atoms with E-state index in [2.05, 4.69) is 75.0 Å². The number of esters is 4. The van der Waals surface area contributed by atoms with Gasteiger partial charge in [0, 0.05) is 78.5 Å². The van der Waals surface area contributed by atoms with Gasteiger partial charge in [-0.15, -0.1) is 0 Å². The van der Waals surface area contributed by atoms with E-state index in [9.17, 15) is 19.2 Å². The summed E-state index contributed by atoms with van der Waals surface area (Å²) in [4.78, 5) is 63.2. The lowest BCUT2D eigenvalue weighted by Crippen LogP contribution is -2.50. The highest BCUT2D eigenvalue weighted by atomic mass is 16.6. The van der Waals surface area contributed by atoms with Gasteiger partial charge in [0.1, 0.15) is 24.4 Å². The summed E-state index contributed by atoms with van der Waals surface area (Å²) in [5, 5.41) is 0. The minimum atomic E-state index is -0.129. The molecule has 12 heteroatoms. The summed E-state index contributed by atoms with van der Waals surface area (Å²) in [7, 11) is 0. The predicted octanol–water partition coefficient (Wildman–Crippen LogP) is 15.1. The zero-order chi connectivity index (χ0) is 55.7. The van der Waals surface area contributed by atoms with Crippen molar-refractivity contribution in [2.45, 2.75) is 311 Å². The van der Waals surface area contributed by atoms with E-state index in [1.54, 1.807) is 0 Å². The number of unbranched alkanes of at least 4 members (excludes halogenated alkanes) is 16. The normalized spacial score (nSPS) is 15.0. The summed E-state index contributed by atoms with van der Waals surface area (Å²) >= 11 is 0. The van der Waals surface area contributed by atoms with Crippen LogP contribution in [0.2, 0.25) is 0 Å². The zero-order valence-electron chi connectivity index (χ0n) is 51.3. The maximum Gasteiger partial charge on any atom is 0.307 e. The highest BCUT2D eigenvalue weighted by Gasteiger charge is 2.24. The molecular formula is C64H124N4O8. The monoisotopic (exact) mass is 1080 g/mol. The van der Waals surface area contributed by atoms with Crippen molar-refractivity contribution in [3.63, 3.8) is 0 Å². The SMILES string of the molecule is CCCCCCC(CCCC)OC(=O)CCN(CCC(=O)OC(CCCC)CCCCCC)CCN1CCN(CCN(CCC(=O)OC(CCCC)CCCCCC)CCC(=O)OC(CCCC)CCCCCC)CC1. The molecule has 4 atom stereocenters. The van der Waals surface area contributed by atoms with Crippen LogP contribution in [0, 0.1) is 0 Å². The van der Waals surface area contributed by atoms with E-state index in [-0.39, 0.29) is 48.3 Å². The third-order valence-electron chi connectivity index (χ3n) is 15.7. The molecule has 0 aliphatic carbocycles. The Labute approximate surface area is 469 Å². The first-order valence-electron chi connectivity index (χ1n) is 32.7. The van der Waals surface area contributed by atoms with Crippen molar-refractivity contribution in [2.75, 3.05) is 78.5 Å². The molecule has 0 aromatic heterocycles. The molecule has 448 valence electrons. The molecule has 0 radical (unpaired) electrons. The highest BCUT2D eigenvalue weighted by molar-refractivity contribution is 5.71. The molecule has 1 fully saturated rings. The highest BCUT2D eigenvalue weighted by Crippen LogP contribution is 2.20. The predicted molar refractivity (Wildman–Crippen MR) is 317 cm³/mol. The smallest absolute Gasteiger partial charge is 0.307 e. The van der Waals surface area contributed by atoms with Crippen molar-refractivity contribution in [3.8, 4) is 0 Å². The molecule has 0 bridgehead atoms. The third-order valence-corrected chi connectivity index (χ3v) is 15.7. The Morgan fingerprint density at radius 1 is 0.303 bits per heavy atom. The molecule has 1 aliphatic heterocycles. The summed E-state index contributed by atoms with van der Waals surface area (Å²) in [5.41, 5.74) is 0. The van der Waals surface area contributed by atoms with Gasteiger partial charge < -0.3 is 28.7 Å². The van der Waals surface area contributed by atoms with Crippen LogP contribution in [0.25, 0.3) is 0 Å². The van der Waals surface area contributed by atoms with Gasteiger partial charge in [-0.2, -0.15) is 0 Å². The molecular weight excluding hydrogens is 953 g/mol. The van der Waals surface area contributed by atoms with Crippen LogP contribution in [0.5, 0.6) is 0 Å². The Morgan fingerprint density at radius 3 is 0.724 bits per heavy atom. The van der Waals surface area contributed by atoms with Crippen molar-refractivity contribution in [1.29, 1.82) is 0 Å². The van der Waals surface area contributed by atoms with Crippen LogP contribution in [0.4, 0.5) is 0 Å². The first-order valence-corrected chi connectivity index (χ1v) is 32.7. The maximum atomic E-state index is 13.4. The van der Waals surface area contributed by atoms with Gasteiger partial charge in [-0.25, -0.2) is 0 Å². The Morgan fingerprint density at radius 2 is 0.513 bits per heavy atom. The fourth-order valence-corrected chi connectivity index (χ4v) is 10.4. The quantitative estimate of drug-likeness (QED) is 0.0328. The molecule has 1 aliphatic rings. The van der Waals surface area contributed by atoms with E-state index in [4.69, 9.17) is 18.9 Å². The van der Waals surface area contributed by atoms with Crippen LogP contribution in [-0.2, 0) is 38.1 Å². The van der Waals surface area contributed by atoms with E-state index in [0.29, 0.717) is 51.9 Å². The second-order valence-corrected chi connectivity index (χ2v) is 22.8. The second kappa shape index (κ2) is 50.9. The van der Waals surface area contributed by atoms with Gasteiger partial charge in [0.15, 0.2) is 0 Å². The van der Waals surface area contributed by atoms with Crippen molar-refractivity contribution in [2.24, 2.45) is 0 Å². The Bertz CT molecular complexity index is 1180.